The second-order valence-electron chi connectivity index (χ2n) is 7.73. The summed E-state index contributed by atoms with van der Waals surface area (Å²) in [5.41, 5.74) is 2.41. The Morgan fingerprint density at radius 3 is 2.74 bits per heavy atom. The fourth-order valence-electron chi connectivity index (χ4n) is 3.59. The summed E-state index contributed by atoms with van der Waals surface area (Å²) < 4.78 is 18.9. The molecule has 27 heavy (non-hydrogen) atoms. The normalized spacial score (nSPS) is 14.5. The summed E-state index contributed by atoms with van der Waals surface area (Å²) in [4.78, 5) is 16.6. The minimum atomic E-state index is -0.205. The first kappa shape index (κ1) is 19.8. The highest BCUT2D eigenvalue weighted by Gasteiger charge is 2.22. The number of Topliss-reactive ketones (excluding diaryl/α,β-unsaturated/α-hetero) is 1. The first-order valence-corrected chi connectivity index (χ1v) is 9.73. The van der Waals surface area contributed by atoms with Gasteiger partial charge in [0, 0.05) is 13.0 Å². The Morgan fingerprint density at radius 2 is 2.00 bits per heavy atom. The molecule has 0 radical (unpaired) electrons. The quantitative estimate of drug-likeness (QED) is 0.627. The second kappa shape index (κ2) is 9.29. The molecule has 0 saturated carbocycles. The lowest BCUT2D eigenvalue weighted by atomic mass is 10.0. The van der Waals surface area contributed by atoms with E-state index >= 15 is 0 Å². The van der Waals surface area contributed by atoms with Gasteiger partial charge in [-0.05, 0) is 69.1 Å². The number of carbonyl (C=O) groups is 1. The van der Waals surface area contributed by atoms with Crippen LogP contribution in [0.25, 0.3) is 0 Å². The maximum Gasteiger partial charge on any atom is 0.146 e. The smallest absolute Gasteiger partial charge is 0.146 e. The van der Waals surface area contributed by atoms with Gasteiger partial charge in [-0.3, -0.25) is 9.69 Å². The Kier molecular flexibility index (Phi) is 6.80. The molecule has 0 spiro atoms. The van der Waals surface area contributed by atoms with E-state index in [-0.39, 0.29) is 11.6 Å². The third kappa shape index (κ3) is 6.01. The minimum absolute atomic E-state index is 0.205. The molecule has 0 N–H and O–H groups in total. The van der Waals surface area contributed by atoms with E-state index in [0.29, 0.717) is 13.0 Å². The molecular weight excluding hydrogens is 343 g/mol. The maximum absolute atomic E-state index is 12.9. The standard InChI is InChI=1S/C22H29FN2O2/c1-24(2)15-21-13-18-11-12-25(16-22(18)27-21)14-20(26)6-4-3-5-17-7-9-19(23)10-8-17/h7-10,13H,3-6,11-12,14-16H2,1-2H3. The number of nitrogens with zero attached hydrogens (tertiary/aromatic N) is 2. The van der Waals surface area contributed by atoms with Gasteiger partial charge < -0.3 is 9.32 Å². The molecule has 0 amide bonds. The van der Waals surface area contributed by atoms with Crippen LogP contribution in [-0.2, 0) is 30.7 Å². The number of hydrogen-bond donors (Lipinski definition) is 0. The summed E-state index contributed by atoms with van der Waals surface area (Å²) in [6, 6.07) is 8.77. The molecule has 1 aliphatic rings. The van der Waals surface area contributed by atoms with Crippen molar-refractivity contribution in [2.24, 2.45) is 0 Å². The predicted molar refractivity (Wildman–Crippen MR) is 104 cm³/mol. The van der Waals surface area contributed by atoms with Gasteiger partial charge in [0.05, 0.1) is 19.6 Å². The van der Waals surface area contributed by atoms with Crippen molar-refractivity contribution in [3.05, 3.63) is 58.8 Å². The molecule has 0 saturated heterocycles. The second-order valence-corrected chi connectivity index (χ2v) is 7.73. The van der Waals surface area contributed by atoms with Crippen LogP contribution in [0.15, 0.2) is 34.7 Å². The fourth-order valence-corrected chi connectivity index (χ4v) is 3.59. The zero-order valence-electron chi connectivity index (χ0n) is 16.3. The molecule has 146 valence electrons. The largest absolute Gasteiger partial charge is 0.463 e. The highest BCUT2D eigenvalue weighted by molar-refractivity contribution is 5.80. The fraction of sp³-hybridized carbons (Fsp3) is 0.500. The molecule has 0 fully saturated rings. The van der Waals surface area contributed by atoms with Gasteiger partial charge in [0.15, 0.2) is 0 Å². The lowest BCUT2D eigenvalue weighted by molar-refractivity contribution is -0.120. The van der Waals surface area contributed by atoms with Gasteiger partial charge in [-0.1, -0.05) is 12.1 Å². The average Bonchev–Trinajstić information content (AvgIpc) is 3.01. The average molecular weight is 372 g/mol. The van der Waals surface area contributed by atoms with Crippen LogP contribution in [0.4, 0.5) is 4.39 Å². The lowest BCUT2D eigenvalue weighted by Gasteiger charge is -2.24. The molecule has 0 atom stereocenters. The van der Waals surface area contributed by atoms with Crippen LogP contribution in [-0.4, -0.2) is 42.8 Å². The Hall–Kier alpha value is -1.98. The van der Waals surface area contributed by atoms with Crippen molar-refractivity contribution >= 4 is 5.78 Å². The van der Waals surface area contributed by atoms with Crippen LogP contribution in [0.2, 0.25) is 0 Å². The third-order valence-electron chi connectivity index (χ3n) is 4.97. The summed E-state index contributed by atoms with van der Waals surface area (Å²) in [6.07, 6.45) is 4.27. The van der Waals surface area contributed by atoms with Crippen LogP contribution < -0.4 is 0 Å². The van der Waals surface area contributed by atoms with E-state index in [9.17, 15) is 9.18 Å². The Morgan fingerprint density at radius 1 is 1.22 bits per heavy atom. The molecule has 2 heterocycles. The summed E-state index contributed by atoms with van der Waals surface area (Å²) in [7, 11) is 4.06. The van der Waals surface area contributed by atoms with E-state index in [1.54, 1.807) is 0 Å². The van der Waals surface area contributed by atoms with E-state index in [1.165, 1.54) is 17.7 Å². The molecule has 4 nitrogen and oxygen atoms in total. The number of unbranched alkanes of at least 4 members (excludes halogenated alkanes) is 1. The molecule has 3 rings (SSSR count). The molecule has 0 aliphatic carbocycles. The van der Waals surface area contributed by atoms with E-state index in [4.69, 9.17) is 4.42 Å². The molecular formula is C22H29FN2O2. The number of benzene rings is 1. The van der Waals surface area contributed by atoms with E-state index in [2.05, 4.69) is 15.9 Å². The first-order chi connectivity index (χ1) is 13.0. The topological polar surface area (TPSA) is 36.7 Å². The van der Waals surface area contributed by atoms with E-state index in [0.717, 1.165) is 62.4 Å². The van der Waals surface area contributed by atoms with Gasteiger partial charge in [0.2, 0.25) is 0 Å². The Balaban J connectivity index is 1.38. The summed E-state index contributed by atoms with van der Waals surface area (Å²) in [6.45, 7) is 2.94. The van der Waals surface area contributed by atoms with Crippen molar-refractivity contribution < 1.29 is 13.6 Å². The van der Waals surface area contributed by atoms with E-state index < -0.39 is 0 Å². The van der Waals surface area contributed by atoms with Crippen molar-refractivity contribution in [3.8, 4) is 0 Å². The molecule has 0 unspecified atom stereocenters. The SMILES string of the molecule is CN(C)Cc1cc2c(o1)CN(CC(=O)CCCCc1ccc(F)cc1)CC2. The number of carbonyl (C=O) groups excluding carboxylic acids is 1. The molecule has 0 bridgehead atoms. The van der Waals surface area contributed by atoms with Crippen molar-refractivity contribution in [2.75, 3.05) is 27.2 Å². The van der Waals surface area contributed by atoms with Crippen LogP contribution in [0.3, 0.4) is 0 Å². The number of hydrogen-bond acceptors (Lipinski definition) is 4. The van der Waals surface area contributed by atoms with Gasteiger partial charge in [-0.2, -0.15) is 0 Å². The van der Waals surface area contributed by atoms with Gasteiger partial charge in [-0.15, -0.1) is 0 Å². The number of rotatable bonds is 9. The summed E-state index contributed by atoms with van der Waals surface area (Å²) in [5.74, 6) is 2.10. The van der Waals surface area contributed by atoms with Crippen LogP contribution in [0.5, 0.6) is 0 Å². The number of halogens is 1. The van der Waals surface area contributed by atoms with Gasteiger partial charge in [0.1, 0.15) is 23.1 Å². The third-order valence-corrected chi connectivity index (χ3v) is 4.97. The number of furan rings is 1. The van der Waals surface area contributed by atoms with Crippen molar-refractivity contribution in [1.29, 1.82) is 0 Å². The number of fused-ring (bicyclic) bond motifs is 1. The van der Waals surface area contributed by atoms with Gasteiger partial charge in [-0.25, -0.2) is 4.39 Å². The maximum atomic E-state index is 12.9. The minimum Gasteiger partial charge on any atom is -0.463 e. The van der Waals surface area contributed by atoms with Crippen molar-refractivity contribution in [2.45, 2.75) is 45.2 Å². The Bertz CT molecular complexity index is 752. The Labute approximate surface area is 161 Å². The predicted octanol–water partition coefficient (Wildman–Crippen LogP) is 3.82. The number of ketones is 1. The van der Waals surface area contributed by atoms with Crippen LogP contribution >= 0.6 is 0 Å². The molecule has 1 aliphatic heterocycles. The first-order valence-electron chi connectivity index (χ1n) is 9.73. The van der Waals surface area contributed by atoms with Gasteiger partial charge in [0.25, 0.3) is 0 Å². The molecule has 2 aromatic rings. The lowest BCUT2D eigenvalue weighted by Crippen LogP contribution is -2.34. The zero-order chi connectivity index (χ0) is 19.2. The zero-order valence-corrected chi connectivity index (χ0v) is 16.3. The van der Waals surface area contributed by atoms with Crippen molar-refractivity contribution in [3.63, 3.8) is 0 Å². The summed E-state index contributed by atoms with van der Waals surface area (Å²) >= 11 is 0. The van der Waals surface area contributed by atoms with Gasteiger partial charge >= 0.3 is 0 Å². The highest BCUT2D eigenvalue weighted by atomic mass is 19.1. The molecule has 1 aromatic carbocycles. The summed E-state index contributed by atoms with van der Waals surface area (Å²) in [5, 5.41) is 0. The van der Waals surface area contributed by atoms with Crippen LogP contribution in [0.1, 0.15) is 41.9 Å². The van der Waals surface area contributed by atoms with Crippen LogP contribution in [0, 0.1) is 5.82 Å². The van der Waals surface area contributed by atoms with Crippen molar-refractivity contribution in [1.82, 2.24) is 9.80 Å². The molecule has 1 aromatic heterocycles. The monoisotopic (exact) mass is 372 g/mol. The highest BCUT2D eigenvalue weighted by Crippen LogP contribution is 2.23. The molecule has 5 heteroatoms. The number of aryl methyl sites for hydroxylation is 1. The van der Waals surface area contributed by atoms with E-state index in [1.807, 2.05) is 26.2 Å².